The zero-order valence-electron chi connectivity index (χ0n) is 24.5. The number of benzene rings is 6. The first kappa shape index (κ1) is 28.7. The van der Waals surface area contributed by atoms with Crippen LogP contribution < -0.4 is 31.9 Å². The normalized spacial score (nSPS) is 14.2. The van der Waals surface area contributed by atoms with Gasteiger partial charge in [-0.2, -0.15) is 5.10 Å². The largest absolute Gasteiger partial charge is 0.307 e. The molecule has 1 aliphatic rings. The highest BCUT2D eigenvalue weighted by Gasteiger charge is 2.44. The average molecular weight is 620 g/mol. The van der Waals surface area contributed by atoms with E-state index in [9.17, 15) is 0 Å². The molecule has 6 aromatic carbocycles. The molecular formula is C39H31N3OP2. The van der Waals surface area contributed by atoms with Crippen LogP contribution in [0, 0.1) is 0 Å². The molecule has 0 bridgehead atoms. The molecular weight excluding hydrogens is 588 g/mol. The lowest BCUT2D eigenvalue weighted by molar-refractivity contribution is 0.594. The molecule has 0 atom stereocenters. The Kier molecular flexibility index (Phi) is 8.01. The first-order valence-corrected chi connectivity index (χ1v) is 18.4. The molecule has 1 heterocycles. The smallest absolute Gasteiger partial charge is 0.192 e. The quantitative estimate of drug-likeness (QED) is 0.200. The second-order valence-electron chi connectivity index (χ2n) is 10.6. The highest BCUT2D eigenvalue weighted by atomic mass is 31.2. The number of hydrazone groups is 1. The van der Waals surface area contributed by atoms with E-state index in [2.05, 4.69) is 78.2 Å². The minimum absolute atomic E-state index is 0.450. The second kappa shape index (κ2) is 12.5. The highest BCUT2D eigenvalue weighted by molar-refractivity contribution is 7.99. The fraction of sp³-hybridized carbons (Fsp3) is 0. The molecule has 0 amide bonds. The van der Waals surface area contributed by atoms with Crippen molar-refractivity contribution in [2.75, 3.05) is 0 Å². The lowest BCUT2D eigenvalue weighted by atomic mass is 10.3. The van der Waals surface area contributed by atoms with E-state index < -0.39 is 14.0 Å². The van der Waals surface area contributed by atoms with Gasteiger partial charge in [0.05, 0.1) is 11.1 Å². The van der Waals surface area contributed by atoms with Gasteiger partial charge in [-0.15, -0.1) is 0 Å². The van der Waals surface area contributed by atoms with Crippen molar-refractivity contribution in [3.63, 3.8) is 0 Å². The molecule has 7 rings (SSSR count). The van der Waals surface area contributed by atoms with Crippen LogP contribution in [-0.2, 0) is 4.57 Å². The van der Waals surface area contributed by atoms with Gasteiger partial charge in [0, 0.05) is 17.5 Å². The van der Waals surface area contributed by atoms with Gasteiger partial charge < -0.3 is 4.57 Å². The minimum Gasteiger partial charge on any atom is -0.307 e. The van der Waals surface area contributed by atoms with Crippen LogP contribution in [-0.4, -0.2) is 16.6 Å². The predicted molar refractivity (Wildman–Crippen MR) is 194 cm³/mol. The van der Waals surface area contributed by atoms with Gasteiger partial charge >= 0.3 is 0 Å². The van der Waals surface area contributed by atoms with Crippen molar-refractivity contribution in [1.29, 1.82) is 0 Å². The lowest BCUT2D eigenvalue weighted by Crippen LogP contribution is -2.38. The summed E-state index contributed by atoms with van der Waals surface area (Å²) in [6.07, 6.45) is 0. The summed E-state index contributed by atoms with van der Waals surface area (Å²) >= 11 is 0. The summed E-state index contributed by atoms with van der Waals surface area (Å²) in [5.74, 6) is 0. The molecule has 0 unspecified atom stereocenters. The Morgan fingerprint density at radius 2 is 0.778 bits per heavy atom. The highest BCUT2D eigenvalue weighted by Crippen LogP contribution is 2.51. The van der Waals surface area contributed by atoms with E-state index in [1.807, 2.05) is 109 Å². The number of nitrogens with one attached hydrogen (secondary N) is 1. The van der Waals surface area contributed by atoms with E-state index in [4.69, 9.17) is 10.1 Å². The molecule has 0 saturated carbocycles. The molecule has 0 fully saturated rings. The van der Waals surface area contributed by atoms with E-state index in [1.54, 1.807) is 0 Å². The van der Waals surface area contributed by atoms with Crippen molar-refractivity contribution in [2.24, 2.45) is 10.1 Å². The molecule has 0 spiro atoms. The molecule has 218 valence electrons. The molecule has 6 aromatic rings. The molecule has 0 radical (unpaired) electrons. The van der Waals surface area contributed by atoms with Gasteiger partial charge in [-0.25, -0.2) is 4.99 Å². The number of hydrogen-bond acceptors (Lipinski definition) is 3. The van der Waals surface area contributed by atoms with Crippen LogP contribution >= 0.6 is 14.0 Å². The van der Waals surface area contributed by atoms with E-state index in [1.165, 1.54) is 0 Å². The number of rotatable bonds is 7. The Balaban J connectivity index is 1.64. The van der Waals surface area contributed by atoms with Crippen LogP contribution in [0.5, 0.6) is 0 Å². The van der Waals surface area contributed by atoms with Crippen molar-refractivity contribution in [3.8, 4) is 0 Å². The van der Waals surface area contributed by atoms with E-state index in [-0.39, 0.29) is 0 Å². The maximum atomic E-state index is 15.8. The van der Waals surface area contributed by atoms with Crippen molar-refractivity contribution in [1.82, 2.24) is 5.43 Å². The predicted octanol–water partition coefficient (Wildman–Crippen LogP) is 6.81. The van der Waals surface area contributed by atoms with Crippen LogP contribution in [0.2, 0.25) is 0 Å². The first-order chi connectivity index (χ1) is 22.2. The van der Waals surface area contributed by atoms with Gasteiger partial charge in [0.2, 0.25) is 0 Å². The SMILES string of the molecule is O=P(C1=NNC(=P(c2ccccc2)(c2ccccc2)c2ccccc2)C1=Nc1ccccc1)(c1ccccc1)c1ccccc1. The number of aliphatic imine (C=N–C) groups is 1. The van der Waals surface area contributed by atoms with Crippen molar-refractivity contribution >= 4 is 62.8 Å². The van der Waals surface area contributed by atoms with Crippen molar-refractivity contribution in [2.45, 2.75) is 0 Å². The maximum Gasteiger partial charge on any atom is 0.192 e. The standard InChI is InChI=1S/C39H31N3OP2/c43-45(35-27-15-5-16-28-35,36-29-17-6-18-30-36)39-37(40-31-19-7-1-8-20-31)38(41-42-39)44(32-21-9-2-10-22-32,33-23-11-3-12-24-33)34-25-13-4-14-26-34/h1-30,41H. The molecule has 0 aromatic heterocycles. The maximum absolute atomic E-state index is 15.8. The molecule has 45 heavy (non-hydrogen) atoms. The van der Waals surface area contributed by atoms with E-state index >= 15 is 4.57 Å². The van der Waals surface area contributed by atoms with Crippen molar-refractivity contribution < 1.29 is 4.57 Å². The molecule has 0 aliphatic carbocycles. The van der Waals surface area contributed by atoms with Gasteiger partial charge in [0.25, 0.3) is 0 Å². The molecule has 0 saturated heterocycles. The summed E-state index contributed by atoms with van der Waals surface area (Å²) in [4.78, 5) is 5.32. The third-order valence-corrected chi connectivity index (χ3v) is 15.2. The first-order valence-electron chi connectivity index (χ1n) is 14.9. The summed E-state index contributed by atoms with van der Waals surface area (Å²) in [5.41, 5.74) is 6.20. The summed E-state index contributed by atoms with van der Waals surface area (Å²) in [5, 5.41) is 9.89. The lowest BCUT2D eigenvalue weighted by Gasteiger charge is -2.31. The second-order valence-corrected chi connectivity index (χ2v) is 16.7. The number of hydrogen-bond donors (Lipinski definition) is 1. The summed E-state index contributed by atoms with van der Waals surface area (Å²) in [6.45, 7) is -2.64. The van der Waals surface area contributed by atoms with Crippen molar-refractivity contribution in [3.05, 3.63) is 182 Å². The number of nitrogens with zero attached hydrogens (tertiary/aromatic N) is 2. The van der Waals surface area contributed by atoms with Gasteiger partial charge in [-0.3, -0.25) is 5.43 Å². The fourth-order valence-corrected chi connectivity index (χ4v) is 12.9. The third-order valence-electron chi connectivity index (χ3n) is 8.00. The van der Waals surface area contributed by atoms with Crippen LogP contribution in [0.1, 0.15) is 0 Å². The van der Waals surface area contributed by atoms with Crippen LogP contribution in [0.25, 0.3) is 0 Å². The van der Waals surface area contributed by atoms with Gasteiger partial charge in [0.15, 0.2) is 12.6 Å². The Bertz CT molecular complexity index is 1930. The van der Waals surface area contributed by atoms with Gasteiger partial charge in [0.1, 0.15) is 5.71 Å². The minimum atomic E-state index is -3.49. The molecule has 1 aliphatic heterocycles. The van der Waals surface area contributed by atoms with Gasteiger partial charge in [-0.1, -0.05) is 170 Å². The van der Waals surface area contributed by atoms with Crippen LogP contribution in [0.3, 0.4) is 0 Å². The number of para-hydroxylation sites is 1. The van der Waals surface area contributed by atoms with Crippen LogP contribution in [0.4, 0.5) is 5.69 Å². The molecule has 6 heteroatoms. The molecule has 4 nitrogen and oxygen atoms in total. The zero-order valence-corrected chi connectivity index (χ0v) is 26.3. The summed E-state index contributed by atoms with van der Waals surface area (Å²) < 4.78 is 15.8. The monoisotopic (exact) mass is 619 g/mol. The molecule has 1 N–H and O–H groups in total. The third kappa shape index (κ3) is 5.13. The Hall–Kier alpha value is -5.01. The van der Waals surface area contributed by atoms with E-state index in [0.717, 1.165) is 27.0 Å². The summed E-state index contributed by atoms with van der Waals surface area (Å²) in [6, 6.07) is 61.0. The Morgan fingerprint density at radius 1 is 0.444 bits per heavy atom. The Labute approximate surface area is 264 Å². The zero-order chi connectivity index (χ0) is 30.5. The van der Waals surface area contributed by atoms with E-state index in [0.29, 0.717) is 21.8 Å². The van der Waals surface area contributed by atoms with Crippen LogP contribution in [0.15, 0.2) is 192 Å². The summed E-state index contributed by atoms with van der Waals surface area (Å²) in [7, 11) is -3.49. The average Bonchev–Trinajstić information content (AvgIpc) is 3.54. The fourth-order valence-electron chi connectivity index (χ4n) is 5.96. The Morgan fingerprint density at radius 3 is 1.16 bits per heavy atom. The van der Waals surface area contributed by atoms with Gasteiger partial charge in [-0.05, 0) is 28.0 Å². The topological polar surface area (TPSA) is 53.8 Å².